The number of carbonyl (C=O) groups excluding carboxylic acids is 1. The van der Waals surface area contributed by atoms with E-state index in [0.717, 1.165) is 24.8 Å². The van der Waals surface area contributed by atoms with Crippen molar-refractivity contribution in [2.45, 2.75) is 44.9 Å². The number of rotatable bonds is 6. The van der Waals surface area contributed by atoms with E-state index in [1.165, 1.54) is 0 Å². The lowest BCUT2D eigenvalue weighted by molar-refractivity contribution is -0.128. The van der Waals surface area contributed by atoms with Crippen molar-refractivity contribution in [1.29, 1.82) is 0 Å². The maximum Gasteiger partial charge on any atom is 0.222 e. The van der Waals surface area contributed by atoms with Gasteiger partial charge in [0.2, 0.25) is 5.91 Å². The first kappa shape index (κ1) is 17.0. The Kier molecular flexibility index (Phi) is 6.06. The summed E-state index contributed by atoms with van der Waals surface area (Å²) in [4.78, 5) is 13.1. The molecule has 1 rings (SSSR count). The lowest BCUT2D eigenvalue weighted by Gasteiger charge is -2.25. The maximum atomic E-state index is 11.5. The molecule has 0 aromatic heterocycles. The second-order valence-electron chi connectivity index (χ2n) is 6.05. The summed E-state index contributed by atoms with van der Waals surface area (Å²) in [6.07, 6.45) is 3.51. The molecule has 0 aliphatic carbocycles. The smallest absolute Gasteiger partial charge is 0.222 e. The number of hydrogen-bond acceptors (Lipinski definition) is 2. The van der Waals surface area contributed by atoms with Crippen LogP contribution in [0.25, 0.3) is 0 Å². The number of phenolic OH excluding ortho intramolecular Hbond substituents is 1. The number of hydrogen-bond donors (Lipinski definition) is 1. The molecule has 1 aromatic rings. The third kappa shape index (κ3) is 4.82. The molecular formula is C16H24BrNO2. The minimum absolute atomic E-state index is 0.000651. The van der Waals surface area contributed by atoms with Crippen LogP contribution in [0.2, 0.25) is 0 Å². The second-order valence-corrected chi connectivity index (χ2v) is 6.90. The van der Waals surface area contributed by atoms with Gasteiger partial charge in [-0.25, -0.2) is 0 Å². The summed E-state index contributed by atoms with van der Waals surface area (Å²) in [5.74, 6) is 0.461. The van der Waals surface area contributed by atoms with Crippen molar-refractivity contribution in [3.05, 3.63) is 28.2 Å². The molecule has 4 heteroatoms. The Morgan fingerprint density at radius 1 is 1.30 bits per heavy atom. The minimum atomic E-state index is -0.000651. The van der Waals surface area contributed by atoms with Crippen LogP contribution in [0.4, 0.5) is 0 Å². The van der Waals surface area contributed by atoms with Gasteiger partial charge in [-0.15, -0.1) is 0 Å². The van der Waals surface area contributed by atoms with Gasteiger partial charge < -0.3 is 10.0 Å². The molecule has 20 heavy (non-hydrogen) atoms. The SMILES string of the molecule is CN(C)C(=O)CCCCC(C)(C)c1ccc(Br)c(O)c1. The van der Waals surface area contributed by atoms with Gasteiger partial charge in [0.05, 0.1) is 4.47 Å². The Labute approximate surface area is 130 Å². The van der Waals surface area contributed by atoms with Crippen LogP contribution < -0.4 is 0 Å². The van der Waals surface area contributed by atoms with Gasteiger partial charge in [0, 0.05) is 20.5 Å². The van der Waals surface area contributed by atoms with Crippen molar-refractivity contribution >= 4 is 21.8 Å². The number of amides is 1. The molecule has 0 fully saturated rings. The number of benzene rings is 1. The molecule has 0 spiro atoms. The summed E-state index contributed by atoms with van der Waals surface area (Å²) in [6.45, 7) is 4.34. The molecule has 0 atom stereocenters. The molecule has 3 nitrogen and oxygen atoms in total. The van der Waals surface area contributed by atoms with Crippen molar-refractivity contribution < 1.29 is 9.90 Å². The van der Waals surface area contributed by atoms with Crippen LogP contribution in [0.5, 0.6) is 5.75 Å². The van der Waals surface area contributed by atoms with E-state index in [1.807, 2.05) is 18.2 Å². The van der Waals surface area contributed by atoms with Gasteiger partial charge in [0.15, 0.2) is 0 Å². The summed E-state index contributed by atoms with van der Waals surface area (Å²) in [6, 6.07) is 5.73. The maximum absolute atomic E-state index is 11.5. The average Bonchev–Trinajstić information content (AvgIpc) is 2.37. The molecule has 0 saturated carbocycles. The lowest BCUT2D eigenvalue weighted by Crippen LogP contribution is -2.21. The number of phenols is 1. The Balaban J connectivity index is 2.53. The summed E-state index contributed by atoms with van der Waals surface area (Å²) < 4.78 is 0.716. The van der Waals surface area contributed by atoms with Gasteiger partial charge in [0.1, 0.15) is 5.75 Å². The highest BCUT2D eigenvalue weighted by Crippen LogP contribution is 2.34. The highest BCUT2D eigenvalue weighted by molar-refractivity contribution is 9.10. The van der Waals surface area contributed by atoms with E-state index in [1.54, 1.807) is 19.0 Å². The van der Waals surface area contributed by atoms with Crippen LogP contribution in [0.1, 0.15) is 45.1 Å². The van der Waals surface area contributed by atoms with Gasteiger partial charge in [-0.05, 0) is 51.9 Å². The fourth-order valence-corrected chi connectivity index (χ4v) is 2.39. The number of halogens is 1. The topological polar surface area (TPSA) is 40.5 Å². The first-order valence-electron chi connectivity index (χ1n) is 6.93. The zero-order chi connectivity index (χ0) is 15.3. The van der Waals surface area contributed by atoms with Gasteiger partial charge in [-0.2, -0.15) is 0 Å². The number of carbonyl (C=O) groups is 1. The first-order valence-corrected chi connectivity index (χ1v) is 7.72. The molecular weight excluding hydrogens is 318 g/mol. The summed E-state index contributed by atoms with van der Waals surface area (Å²) in [5.41, 5.74) is 1.12. The van der Waals surface area contributed by atoms with E-state index >= 15 is 0 Å². The molecule has 0 aliphatic heterocycles. The predicted octanol–water partition coefficient (Wildman–Crippen LogP) is 4.08. The van der Waals surface area contributed by atoms with E-state index in [9.17, 15) is 9.90 Å². The van der Waals surface area contributed by atoms with E-state index < -0.39 is 0 Å². The Hall–Kier alpha value is -1.03. The zero-order valence-corrected chi connectivity index (χ0v) is 14.3. The summed E-state index contributed by atoms with van der Waals surface area (Å²) >= 11 is 3.30. The van der Waals surface area contributed by atoms with Crippen LogP contribution in [-0.4, -0.2) is 30.0 Å². The fraction of sp³-hybridized carbons (Fsp3) is 0.562. The summed E-state index contributed by atoms with van der Waals surface area (Å²) in [5, 5.41) is 9.77. The molecule has 0 saturated heterocycles. The van der Waals surface area contributed by atoms with E-state index in [4.69, 9.17) is 0 Å². The van der Waals surface area contributed by atoms with Gasteiger partial charge in [0.25, 0.3) is 0 Å². The van der Waals surface area contributed by atoms with E-state index in [2.05, 4.69) is 29.8 Å². The largest absolute Gasteiger partial charge is 0.507 e. The molecule has 0 radical (unpaired) electrons. The van der Waals surface area contributed by atoms with Crippen molar-refractivity contribution in [2.24, 2.45) is 0 Å². The molecule has 0 aliphatic rings. The molecule has 0 unspecified atom stereocenters. The molecule has 1 aromatic carbocycles. The molecule has 1 N–H and O–H groups in total. The quantitative estimate of drug-likeness (QED) is 0.792. The number of unbranched alkanes of at least 4 members (excludes halogenated alkanes) is 1. The Morgan fingerprint density at radius 3 is 2.50 bits per heavy atom. The van der Waals surface area contributed by atoms with Crippen molar-refractivity contribution in [2.75, 3.05) is 14.1 Å². The van der Waals surface area contributed by atoms with Crippen LogP contribution in [0.15, 0.2) is 22.7 Å². The van der Waals surface area contributed by atoms with Crippen LogP contribution in [0, 0.1) is 0 Å². The summed E-state index contributed by atoms with van der Waals surface area (Å²) in [7, 11) is 3.58. The van der Waals surface area contributed by atoms with Gasteiger partial charge in [-0.3, -0.25) is 4.79 Å². The van der Waals surface area contributed by atoms with Crippen LogP contribution >= 0.6 is 15.9 Å². The molecule has 0 bridgehead atoms. The first-order chi connectivity index (χ1) is 9.24. The van der Waals surface area contributed by atoms with Crippen molar-refractivity contribution in [3.63, 3.8) is 0 Å². The predicted molar refractivity (Wildman–Crippen MR) is 86.0 cm³/mol. The van der Waals surface area contributed by atoms with Crippen molar-refractivity contribution in [1.82, 2.24) is 4.90 Å². The average molecular weight is 342 g/mol. The molecule has 1 amide bonds. The van der Waals surface area contributed by atoms with Gasteiger partial charge >= 0.3 is 0 Å². The standard InChI is InChI=1S/C16H24BrNO2/c1-16(2,10-6-5-7-15(20)18(3)4)12-8-9-13(17)14(19)11-12/h8-9,11,19H,5-7,10H2,1-4H3. The number of nitrogens with zero attached hydrogens (tertiary/aromatic N) is 1. The Morgan fingerprint density at radius 2 is 1.95 bits per heavy atom. The highest BCUT2D eigenvalue weighted by Gasteiger charge is 2.21. The highest BCUT2D eigenvalue weighted by atomic mass is 79.9. The molecule has 112 valence electrons. The normalized spacial score (nSPS) is 11.4. The van der Waals surface area contributed by atoms with Crippen molar-refractivity contribution in [3.8, 4) is 5.75 Å². The van der Waals surface area contributed by atoms with Crippen LogP contribution in [-0.2, 0) is 10.2 Å². The van der Waals surface area contributed by atoms with Crippen LogP contribution in [0.3, 0.4) is 0 Å². The monoisotopic (exact) mass is 341 g/mol. The minimum Gasteiger partial charge on any atom is -0.507 e. The van der Waals surface area contributed by atoms with E-state index in [-0.39, 0.29) is 17.1 Å². The third-order valence-electron chi connectivity index (χ3n) is 3.67. The lowest BCUT2D eigenvalue weighted by atomic mass is 9.80. The molecule has 0 heterocycles. The van der Waals surface area contributed by atoms with Gasteiger partial charge in [-0.1, -0.05) is 26.3 Å². The fourth-order valence-electron chi connectivity index (χ4n) is 2.14. The van der Waals surface area contributed by atoms with E-state index in [0.29, 0.717) is 10.9 Å². The third-order valence-corrected chi connectivity index (χ3v) is 4.34. The Bertz CT molecular complexity index is 470. The number of aromatic hydroxyl groups is 1. The second kappa shape index (κ2) is 7.11. The zero-order valence-electron chi connectivity index (χ0n) is 12.7.